The number of methoxy groups -OCH3 is 1. The predicted octanol–water partition coefficient (Wildman–Crippen LogP) is 3.30. The third-order valence-electron chi connectivity index (χ3n) is 4.99. The van der Waals surface area contributed by atoms with Crippen LogP contribution in [0, 0.1) is 11.3 Å². The fraction of sp³-hybridized carbons (Fsp3) is 0.273. The van der Waals surface area contributed by atoms with Crippen molar-refractivity contribution in [1.29, 1.82) is 5.26 Å². The van der Waals surface area contributed by atoms with E-state index in [0.29, 0.717) is 36.0 Å². The molecule has 0 saturated heterocycles. The zero-order valence-corrected chi connectivity index (χ0v) is 15.2. The Kier molecular flexibility index (Phi) is 4.66. The van der Waals surface area contributed by atoms with E-state index in [0.717, 1.165) is 16.5 Å². The summed E-state index contributed by atoms with van der Waals surface area (Å²) in [7, 11) is 1.60. The Morgan fingerprint density at radius 3 is 2.63 bits per heavy atom. The van der Waals surface area contributed by atoms with Crippen LogP contribution in [0.25, 0.3) is 21.9 Å². The summed E-state index contributed by atoms with van der Waals surface area (Å²) in [6, 6.07) is 18.0. The summed E-state index contributed by atoms with van der Waals surface area (Å²) < 4.78 is 6.96. The fourth-order valence-electron chi connectivity index (χ4n) is 3.45. The third kappa shape index (κ3) is 3.32. The maximum atomic E-state index is 13.1. The molecule has 1 fully saturated rings. The van der Waals surface area contributed by atoms with Crippen molar-refractivity contribution in [2.45, 2.75) is 25.4 Å². The van der Waals surface area contributed by atoms with Gasteiger partial charge in [-0.05, 0) is 36.6 Å². The van der Waals surface area contributed by atoms with Gasteiger partial charge in [0.05, 0.1) is 7.11 Å². The number of nitrogens with zero attached hydrogens (tertiary/aromatic N) is 2. The molecule has 27 heavy (non-hydrogen) atoms. The molecule has 1 aromatic heterocycles. The van der Waals surface area contributed by atoms with Gasteiger partial charge in [0.25, 0.3) is 5.56 Å². The summed E-state index contributed by atoms with van der Waals surface area (Å²) in [5.74, 6) is 0.663. The van der Waals surface area contributed by atoms with Crippen molar-refractivity contribution in [2.75, 3.05) is 13.7 Å². The quantitative estimate of drug-likeness (QED) is 0.733. The van der Waals surface area contributed by atoms with Crippen LogP contribution in [0.2, 0.25) is 0 Å². The van der Waals surface area contributed by atoms with Gasteiger partial charge in [-0.1, -0.05) is 30.3 Å². The number of fused-ring (bicyclic) bond motifs is 1. The highest BCUT2D eigenvalue weighted by Gasteiger charge is 2.21. The third-order valence-corrected chi connectivity index (χ3v) is 4.99. The average molecular weight is 359 g/mol. The topological polar surface area (TPSA) is 67.0 Å². The first kappa shape index (κ1) is 17.3. The Labute approximate surface area is 157 Å². The average Bonchev–Trinajstić information content (AvgIpc) is 3.54. The molecule has 3 aromatic rings. The van der Waals surface area contributed by atoms with E-state index in [4.69, 9.17) is 4.74 Å². The van der Waals surface area contributed by atoms with Gasteiger partial charge in [0.2, 0.25) is 0 Å². The highest BCUT2D eigenvalue weighted by molar-refractivity contribution is 5.99. The molecule has 1 N–H and O–H groups in total. The van der Waals surface area contributed by atoms with Crippen LogP contribution in [0.3, 0.4) is 0 Å². The number of aromatic nitrogens is 1. The smallest absolute Gasteiger partial charge is 0.259 e. The standard InChI is InChI=1S/C22H21N3O2/c1-27-17-9-10-18-19(13-17)21(15-5-3-2-4-6-15)20(14-23)25(22(18)26)12-11-24-16-7-8-16/h2-6,9-10,13,16,24H,7-8,11-12H2,1H3. The van der Waals surface area contributed by atoms with Gasteiger partial charge in [-0.15, -0.1) is 0 Å². The summed E-state index contributed by atoms with van der Waals surface area (Å²) >= 11 is 0. The van der Waals surface area contributed by atoms with Crippen LogP contribution >= 0.6 is 0 Å². The lowest BCUT2D eigenvalue weighted by molar-refractivity contribution is 0.415. The normalized spacial score (nSPS) is 13.5. The first-order valence-corrected chi connectivity index (χ1v) is 9.16. The van der Waals surface area contributed by atoms with Crippen molar-refractivity contribution in [2.24, 2.45) is 0 Å². The number of nitriles is 1. The number of pyridine rings is 1. The molecule has 0 aliphatic heterocycles. The number of hydrogen-bond donors (Lipinski definition) is 1. The van der Waals surface area contributed by atoms with Crippen molar-refractivity contribution in [3.8, 4) is 22.9 Å². The first-order chi connectivity index (χ1) is 13.2. The van der Waals surface area contributed by atoms with Gasteiger partial charge in [-0.2, -0.15) is 5.26 Å². The minimum atomic E-state index is -0.138. The van der Waals surface area contributed by atoms with E-state index < -0.39 is 0 Å². The van der Waals surface area contributed by atoms with E-state index >= 15 is 0 Å². The molecule has 0 atom stereocenters. The SMILES string of the molecule is COc1ccc2c(=O)n(CCNC3CC3)c(C#N)c(-c3ccccc3)c2c1. The molecule has 5 nitrogen and oxygen atoms in total. The van der Waals surface area contributed by atoms with Crippen molar-refractivity contribution < 1.29 is 4.74 Å². The molecule has 1 aliphatic rings. The van der Waals surface area contributed by atoms with E-state index in [1.165, 1.54) is 12.8 Å². The van der Waals surface area contributed by atoms with Crippen LogP contribution in [0.4, 0.5) is 0 Å². The summed E-state index contributed by atoms with van der Waals surface area (Å²) in [5, 5.41) is 14.7. The maximum Gasteiger partial charge on any atom is 0.259 e. The minimum Gasteiger partial charge on any atom is -0.497 e. The number of rotatable bonds is 6. The molecule has 5 heteroatoms. The molecule has 0 radical (unpaired) electrons. The lowest BCUT2D eigenvalue weighted by Crippen LogP contribution is -2.30. The second kappa shape index (κ2) is 7.26. The summed E-state index contributed by atoms with van der Waals surface area (Å²) in [4.78, 5) is 13.1. The van der Waals surface area contributed by atoms with Crippen molar-refractivity contribution >= 4 is 10.8 Å². The van der Waals surface area contributed by atoms with Gasteiger partial charge < -0.3 is 10.1 Å². The van der Waals surface area contributed by atoms with Crippen LogP contribution < -0.4 is 15.6 Å². The number of ether oxygens (including phenoxy) is 1. The molecule has 4 rings (SSSR count). The molecule has 2 aromatic carbocycles. The Balaban J connectivity index is 1.96. The second-order valence-electron chi connectivity index (χ2n) is 6.80. The van der Waals surface area contributed by atoms with Gasteiger partial charge in [-0.3, -0.25) is 9.36 Å². The van der Waals surface area contributed by atoms with Crippen LogP contribution in [0.5, 0.6) is 5.75 Å². The first-order valence-electron chi connectivity index (χ1n) is 9.16. The minimum absolute atomic E-state index is 0.138. The molecule has 1 aliphatic carbocycles. The van der Waals surface area contributed by atoms with Crippen molar-refractivity contribution in [1.82, 2.24) is 9.88 Å². The zero-order valence-electron chi connectivity index (χ0n) is 15.2. The summed E-state index contributed by atoms with van der Waals surface area (Å²) in [6.45, 7) is 1.15. The Morgan fingerprint density at radius 1 is 1.19 bits per heavy atom. The van der Waals surface area contributed by atoms with Crippen LogP contribution in [-0.2, 0) is 6.54 Å². The molecular formula is C22H21N3O2. The highest BCUT2D eigenvalue weighted by atomic mass is 16.5. The Morgan fingerprint density at radius 2 is 1.96 bits per heavy atom. The maximum absolute atomic E-state index is 13.1. The van der Waals surface area contributed by atoms with Gasteiger partial charge in [-0.25, -0.2) is 0 Å². The van der Waals surface area contributed by atoms with Gasteiger partial charge in [0.15, 0.2) is 0 Å². The largest absolute Gasteiger partial charge is 0.497 e. The lowest BCUT2D eigenvalue weighted by atomic mass is 9.97. The van der Waals surface area contributed by atoms with Gasteiger partial charge in [0.1, 0.15) is 17.5 Å². The molecular weight excluding hydrogens is 338 g/mol. The molecule has 1 saturated carbocycles. The fourth-order valence-corrected chi connectivity index (χ4v) is 3.45. The molecule has 0 spiro atoms. The van der Waals surface area contributed by atoms with Gasteiger partial charge in [0, 0.05) is 35.5 Å². The van der Waals surface area contributed by atoms with E-state index in [2.05, 4.69) is 11.4 Å². The Hall–Kier alpha value is -3.10. The van der Waals surface area contributed by atoms with Crippen molar-refractivity contribution in [3.05, 3.63) is 64.6 Å². The molecule has 0 unspecified atom stereocenters. The molecule has 0 amide bonds. The van der Waals surface area contributed by atoms with Crippen molar-refractivity contribution in [3.63, 3.8) is 0 Å². The molecule has 1 heterocycles. The van der Waals surface area contributed by atoms with E-state index in [1.807, 2.05) is 36.4 Å². The highest BCUT2D eigenvalue weighted by Crippen LogP contribution is 2.32. The number of nitrogens with one attached hydrogen (secondary N) is 1. The Bertz CT molecular complexity index is 1080. The van der Waals surface area contributed by atoms with E-state index in [1.54, 1.807) is 23.8 Å². The van der Waals surface area contributed by atoms with Crippen LogP contribution in [0.1, 0.15) is 18.5 Å². The summed E-state index contributed by atoms with van der Waals surface area (Å²) in [6.07, 6.45) is 2.37. The van der Waals surface area contributed by atoms with Crippen LogP contribution in [-0.4, -0.2) is 24.3 Å². The molecule has 136 valence electrons. The van der Waals surface area contributed by atoms with E-state index in [9.17, 15) is 10.1 Å². The zero-order chi connectivity index (χ0) is 18.8. The summed E-state index contributed by atoms with van der Waals surface area (Å²) in [5.41, 5.74) is 1.94. The second-order valence-corrected chi connectivity index (χ2v) is 6.80. The predicted molar refractivity (Wildman–Crippen MR) is 106 cm³/mol. The lowest BCUT2D eigenvalue weighted by Gasteiger charge is -2.17. The number of hydrogen-bond acceptors (Lipinski definition) is 4. The molecule has 0 bridgehead atoms. The monoisotopic (exact) mass is 359 g/mol. The van der Waals surface area contributed by atoms with E-state index in [-0.39, 0.29) is 5.56 Å². The van der Waals surface area contributed by atoms with Crippen LogP contribution in [0.15, 0.2) is 53.3 Å². The number of benzene rings is 2. The van der Waals surface area contributed by atoms with Gasteiger partial charge >= 0.3 is 0 Å².